The normalized spacial score (nSPS) is 14.4. The standard InChI is InChI=1S/C24H24N6/c1-3-18-17(2)19(16-25)23-27-20-8-4-5-9-21(20)30(23)24(18)29-14-12-28(13-15-29)22-10-6-7-11-26-22/h4-11H,3,12-15H2,1-2H3/p+1. The smallest absolute Gasteiger partial charge is 0.250 e. The molecule has 150 valence electrons. The van der Waals surface area contributed by atoms with Crippen LogP contribution < -0.4 is 14.2 Å². The molecule has 6 heteroatoms. The Bertz CT molecular complexity index is 1260. The molecule has 0 amide bonds. The Morgan fingerprint density at radius 1 is 1.07 bits per heavy atom. The molecule has 0 radical (unpaired) electrons. The van der Waals surface area contributed by atoms with Crippen molar-refractivity contribution in [1.82, 2.24) is 9.97 Å². The summed E-state index contributed by atoms with van der Waals surface area (Å²) in [6, 6.07) is 16.8. The van der Waals surface area contributed by atoms with Gasteiger partial charge in [-0.3, -0.25) is 9.88 Å². The number of H-pyrrole nitrogens is 1. The topological polar surface area (TPSA) is 63.1 Å². The summed E-state index contributed by atoms with van der Waals surface area (Å²) in [5, 5.41) is 9.91. The molecule has 0 aliphatic carbocycles. The number of aromatic amines is 1. The van der Waals surface area contributed by atoms with Crippen molar-refractivity contribution < 1.29 is 4.40 Å². The number of anilines is 2. The van der Waals surface area contributed by atoms with Gasteiger partial charge in [0.15, 0.2) is 0 Å². The Morgan fingerprint density at radius 3 is 2.50 bits per heavy atom. The Kier molecular flexibility index (Phi) is 4.51. The number of nitrogens with one attached hydrogen (secondary N) is 1. The highest BCUT2D eigenvalue weighted by molar-refractivity contribution is 5.78. The molecule has 1 aliphatic rings. The van der Waals surface area contributed by atoms with Crippen molar-refractivity contribution in [1.29, 1.82) is 5.26 Å². The van der Waals surface area contributed by atoms with Gasteiger partial charge in [0.05, 0.1) is 26.2 Å². The molecule has 0 atom stereocenters. The zero-order valence-corrected chi connectivity index (χ0v) is 17.4. The number of aromatic nitrogens is 3. The summed E-state index contributed by atoms with van der Waals surface area (Å²) in [6.45, 7) is 7.93. The molecule has 1 aliphatic heterocycles. The number of pyridine rings is 2. The van der Waals surface area contributed by atoms with Crippen molar-refractivity contribution in [2.75, 3.05) is 36.0 Å². The van der Waals surface area contributed by atoms with Crippen LogP contribution in [0.1, 0.15) is 23.6 Å². The highest BCUT2D eigenvalue weighted by Gasteiger charge is 2.31. The lowest BCUT2D eigenvalue weighted by molar-refractivity contribution is -0.468. The maximum atomic E-state index is 9.91. The van der Waals surface area contributed by atoms with Crippen molar-refractivity contribution >= 4 is 28.3 Å². The summed E-state index contributed by atoms with van der Waals surface area (Å²) in [5.41, 5.74) is 6.11. The van der Waals surface area contributed by atoms with E-state index in [1.54, 1.807) is 0 Å². The van der Waals surface area contributed by atoms with Gasteiger partial charge in [-0.25, -0.2) is 4.98 Å². The van der Waals surface area contributed by atoms with E-state index in [1.807, 2.05) is 24.4 Å². The van der Waals surface area contributed by atoms with Crippen molar-refractivity contribution in [2.24, 2.45) is 0 Å². The van der Waals surface area contributed by atoms with Gasteiger partial charge in [-0.1, -0.05) is 25.1 Å². The number of hydrogen-bond acceptors (Lipinski definition) is 4. The minimum atomic E-state index is 0.735. The van der Waals surface area contributed by atoms with Crippen LogP contribution in [0.15, 0.2) is 48.7 Å². The number of para-hydroxylation sites is 2. The zero-order valence-electron chi connectivity index (χ0n) is 17.4. The molecule has 0 spiro atoms. The molecule has 1 aromatic carbocycles. The Labute approximate surface area is 176 Å². The number of imidazole rings is 1. The molecule has 0 saturated carbocycles. The maximum Gasteiger partial charge on any atom is 0.250 e. The van der Waals surface area contributed by atoms with Crippen LogP contribution in [0.3, 0.4) is 0 Å². The summed E-state index contributed by atoms with van der Waals surface area (Å²) in [5.74, 6) is 2.25. The molecule has 6 nitrogen and oxygen atoms in total. The van der Waals surface area contributed by atoms with E-state index in [0.29, 0.717) is 0 Å². The van der Waals surface area contributed by atoms with Crippen molar-refractivity contribution in [2.45, 2.75) is 20.3 Å². The minimum absolute atomic E-state index is 0.735. The van der Waals surface area contributed by atoms with Crippen LogP contribution in [-0.2, 0) is 6.42 Å². The van der Waals surface area contributed by atoms with Crippen LogP contribution in [0.5, 0.6) is 0 Å². The fourth-order valence-electron chi connectivity index (χ4n) is 4.68. The maximum absolute atomic E-state index is 9.91. The van der Waals surface area contributed by atoms with Gasteiger partial charge in [-0.05, 0) is 43.2 Å². The van der Waals surface area contributed by atoms with E-state index in [2.05, 4.69) is 68.4 Å². The first-order chi connectivity index (χ1) is 14.7. The van der Waals surface area contributed by atoms with E-state index in [9.17, 15) is 5.26 Å². The summed E-state index contributed by atoms with van der Waals surface area (Å²) >= 11 is 0. The third-order valence-electron chi connectivity index (χ3n) is 6.19. The SMILES string of the molecule is CCc1c(C)c(C#N)c2[nH]c3ccccc3[n+]2c1N1CCN(c2ccccn2)CC1. The second-order valence-electron chi connectivity index (χ2n) is 7.76. The molecule has 1 fully saturated rings. The number of nitriles is 1. The van der Waals surface area contributed by atoms with E-state index in [1.165, 1.54) is 11.4 Å². The third-order valence-corrected chi connectivity index (χ3v) is 6.19. The quantitative estimate of drug-likeness (QED) is 0.539. The van der Waals surface area contributed by atoms with E-state index in [-0.39, 0.29) is 0 Å². The first kappa shape index (κ1) is 18.4. The molecular formula is C24H25N6+. The molecule has 5 rings (SSSR count). The molecule has 4 aromatic rings. The van der Waals surface area contributed by atoms with Crippen LogP contribution in [0, 0.1) is 18.3 Å². The van der Waals surface area contributed by atoms with Crippen molar-refractivity contribution in [3.8, 4) is 6.07 Å². The van der Waals surface area contributed by atoms with Gasteiger partial charge in [-0.15, -0.1) is 0 Å². The lowest BCUT2D eigenvalue weighted by Crippen LogP contribution is -2.50. The van der Waals surface area contributed by atoms with E-state index >= 15 is 0 Å². The average molecular weight is 398 g/mol. The van der Waals surface area contributed by atoms with Gasteiger partial charge in [0.1, 0.15) is 28.5 Å². The first-order valence-electron chi connectivity index (χ1n) is 10.5. The number of fused-ring (bicyclic) bond motifs is 3. The van der Waals surface area contributed by atoms with Crippen molar-refractivity contribution in [3.63, 3.8) is 0 Å². The summed E-state index contributed by atoms with van der Waals surface area (Å²) in [6.07, 6.45) is 2.74. The molecule has 0 bridgehead atoms. The van der Waals surface area contributed by atoms with E-state index < -0.39 is 0 Å². The lowest BCUT2D eigenvalue weighted by Gasteiger charge is -2.34. The lowest BCUT2D eigenvalue weighted by atomic mass is 10.0. The summed E-state index contributed by atoms with van der Waals surface area (Å²) < 4.78 is 2.26. The molecule has 4 heterocycles. The van der Waals surface area contributed by atoms with Crippen LogP contribution in [0.2, 0.25) is 0 Å². The predicted octanol–water partition coefficient (Wildman–Crippen LogP) is 3.37. The second-order valence-corrected chi connectivity index (χ2v) is 7.76. The Balaban J connectivity index is 1.65. The van der Waals surface area contributed by atoms with Gasteiger partial charge in [-0.2, -0.15) is 9.66 Å². The van der Waals surface area contributed by atoms with Gasteiger partial charge in [0.25, 0.3) is 0 Å². The summed E-state index contributed by atoms with van der Waals surface area (Å²) in [7, 11) is 0. The van der Waals surface area contributed by atoms with E-state index in [0.717, 1.165) is 66.2 Å². The van der Waals surface area contributed by atoms with Crippen LogP contribution in [-0.4, -0.2) is 36.1 Å². The number of rotatable bonds is 3. The molecule has 0 unspecified atom stereocenters. The Morgan fingerprint density at radius 2 is 1.80 bits per heavy atom. The van der Waals surface area contributed by atoms with Gasteiger partial charge in [0.2, 0.25) is 11.5 Å². The fourth-order valence-corrected chi connectivity index (χ4v) is 4.68. The van der Waals surface area contributed by atoms with Crippen LogP contribution >= 0.6 is 0 Å². The average Bonchev–Trinajstić information content (AvgIpc) is 3.18. The highest BCUT2D eigenvalue weighted by Crippen LogP contribution is 2.29. The van der Waals surface area contributed by atoms with Gasteiger partial charge < -0.3 is 4.90 Å². The number of hydrogen-bond donors (Lipinski definition) is 1. The predicted molar refractivity (Wildman–Crippen MR) is 119 cm³/mol. The Hall–Kier alpha value is -3.59. The molecule has 3 aromatic heterocycles. The fraction of sp³-hybridized carbons (Fsp3) is 0.292. The van der Waals surface area contributed by atoms with E-state index in [4.69, 9.17) is 0 Å². The molecular weight excluding hydrogens is 372 g/mol. The van der Waals surface area contributed by atoms with Gasteiger partial charge >= 0.3 is 0 Å². The van der Waals surface area contributed by atoms with Crippen LogP contribution in [0.25, 0.3) is 16.7 Å². The molecule has 30 heavy (non-hydrogen) atoms. The third kappa shape index (κ3) is 2.78. The zero-order chi connectivity index (χ0) is 20.7. The number of nitrogens with zero attached hydrogens (tertiary/aromatic N) is 5. The number of piperazine rings is 1. The van der Waals surface area contributed by atoms with Crippen LogP contribution in [0.4, 0.5) is 11.6 Å². The molecule has 1 N–H and O–H groups in total. The van der Waals surface area contributed by atoms with Crippen molar-refractivity contribution in [3.05, 3.63) is 65.4 Å². The highest BCUT2D eigenvalue weighted by atomic mass is 15.3. The summed E-state index contributed by atoms with van der Waals surface area (Å²) in [4.78, 5) is 12.8. The molecule has 1 saturated heterocycles. The van der Waals surface area contributed by atoms with Gasteiger partial charge in [0, 0.05) is 11.8 Å². The monoisotopic (exact) mass is 397 g/mol. The second kappa shape index (κ2) is 7.34. The first-order valence-corrected chi connectivity index (χ1v) is 10.5. The number of benzene rings is 1. The minimum Gasteiger partial charge on any atom is -0.350 e. The largest absolute Gasteiger partial charge is 0.350 e.